The van der Waals surface area contributed by atoms with Crippen LogP contribution in [0.15, 0.2) is 0 Å². The summed E-state index contributed by atoms with van der Waals surface area (Å²) in [4.78, 5) is -3.82. The van der Waals surface area contributed by atoms with Crippen LogP contribution in [0.25, 0.3) is 0 Å². The van der Waals surface area contributed by atoms with Crippen LogP contribution >= 0.6 is 43.5 Å². The van der Waals surface area contributed by atoms with E-state index in [9.17, 15) is 22.0 Å². The summed E-state index contributed by atoms with van der Waals surface area (Å²) in [6.07, 6.45) is -6.58. The van der Waals surface area contributed by atoms with Crippen molar-refractivity contribution < 1.29 is 22.0 Å². The smallest absolute Gasteiger partial charge is 0.191 e. The van der Waals surface area contributed by atoms with Gasteiger partial charge in [0.15, 0.2) is 3.78 Å². The highest BCUT2D eigenvalue weighted by Gasteiger charge is 2.54. The number of alkyl halides is 8. The first-order valence-electron chi connectivity index (χ1n) is 2.47. The molecule has 0 bridgehead atoms. The second kappa shape index (κ2) is 3.57. The van der Waals surface area contributed by atoms with E-state index >= 15 is 0 Å². The van der Waals surface area contributed by atoms with E-state index in [4.69, 9.17) is 11.6 Å². The molecule has 0 amide bonds. The zero-order chi connectivity index (χ0) is 10.2. The van der Waals surface area contributed by atoms with Crippen LogP contribution in [-0.2, 0) is 0 Å². The largest absolute Gasteiger partial charge is 0.391 e. The van der Waals surface area contributed by atoms with Crippen molar-refractivity contribution in [3.63, 3.8) is 0 Å². The number of rotatable bonds is 2. The lowest BCUT2D eigenvalue weighted by atomic mass is 10.3. The Bertz CT molecular complexity index is 160. The molecular formula is C4H2Br2ClF5. The van der Waals surface area contributed by atoms with Gasteiger partial charge in [0, 0.05) is 0 Å². The standard InChI is InChI=1S/C4H2Br2ClF5/c5-2(7,4(6,11)12)1-3(8,9)10/h1H2/t2-/m0/s1. The first-order valence-corrected chi connectivity index (χ1v) is 4.43. The Hall–Kier alpha value is 0.900. The molecule has 0 fully saturated rings. The SMILES string of the molecule is FC(F)(F)C[C@@](Cl)(Br)C(F)(F)Br. The van der Waals surface area contributed by atoms with Crippen molar-refractivity contribution in [2.24, 2.45) is 0 Å². The van der Waals surface area contributed by atoms with E-state index in [0.29, 0.717) is 0 Å². The molecule has 0 N–H and O–H groups in total. The molecule has 0 heterocycles. The summed E-state index contributed by atoms with van der Waals surface area (Å²) in [7, 11) is 0. The van der Waals surface area contributed by atoms with Crippen LogP contribution in [-0.4, -0.2) is 14.8 Å². The molecule has 0 spiro atoms. The maximum atomic E-state index is 12.3. The Kier molecular flexibility index (Phi) is 3.84. The number of hydrogen-bond acceptors (Lipinski definition) is 0. The van der Waals surface area contributed by atoms with Crippen LogP contribution in [0.2, 0.25) is 0 Å². The molecule has 0 aromatic heterocycles. The van der Waals surface area contributed by atoms with Gasteiger partial charge in [0.25, 0.3) is 0 Å². The maximum Gasteiger partial charge on any atom is 0.391 e. The second-order valence-electron chi connectivity index (χ2n) is 1.99. The fourth-order valence-corrected chi connectivity index (χ4v) is 0.962. The van der Waals surface area contributed by atoms with E-state index in [1.165, 1.54) is 0 Å². The van der Waals surface area contributed by atoms with E-state index in [0.717, 1.165) is 0 Å². The zero-order valence-electron chi connectivity index (χ0n) is 5.23. The molecule has 0 saturated carbocycles. The topological polar surface area (TPSA) is 0 Å². The summed E-state index contributed by atoms with van der Waals surface area (Å²) in [6.45, 7) is 0. The van der Waals surface area contributed by atoms with Crippen molar-refractivity contribution in [2.45, 2.75) is 21.2 Å². The lowest BCUT2D eigenvalue weighted by Gasteiger charge is -2.25. The Balaban J connectivity index is 4.44. The van der Waals surface area contributed by atoms with Gasteiger partial charge in [0.2, 0.25) is 0 Å². The summed E-state index contributed by atoms with van der Waals surface area (Å²) < 4.78 is 56.5. The van der Waals surface area contributed by atoms with Crippen LogP contribution in [0.4, 0.5) is 22.0 Å². The molecule has 12 heavy (non-hydrogen) atoms. The van der Waals surface area contributed by atoms with Gasteiger partial charge in [-0.05, 0) is 15.9 Å². The third-order valence-electron chi connectivity index (χ3n) is 0.837. The van der Waals surface area contributed by atoms with Gasteiger partial charge in [-0.3, -0.25) is 0 Å². The molecule has 0 aromatic carbocycles. The predicted molar refractivity (Wildman–Crippen MR) is 42.1 cm³/mol. The first-order chi connectivity index (χ1) is 4.96. The highest BCUT2D eigenvalue weighted by Crippen LogP contribution is 2.50. The average molecular weight is 340 g/mol. The number of hydrogen-bond donors (Lipinski definition) is 0. The quantitative estimate of drug-likeness (QED) is 0.521. The minimum atomic E-state index is -4.75. The van der Waals surface area contributed by atoms with Crippen molar-refractivity contribution in [1.82, 2.24) is 0 Å². The molecule has 0 aliphatic carbocycles. The molecule has 0 unspecified atom stereocenters. The van der Waals surface area contributed by atoms with E-state index in [1.54, 1.807) is 15.9 Å². The van der Waals surface area contributed by atoms with Crippen LogP contribution in [0.1, 0.15) is 6.42 Å². The van der Waals surface area contributed by atoms with Crippen molar-refractivity contribution in [3.8, 4) is 0 Å². The summed E-state index contributed by atoms with van der Waals surface area (Å²) in [6, 6.07) is 0. The lowest BCUT2D eigenvalue weighted by Crippen LogP contribution is -2.36. The van der Waals surface area contributed by atoms with Gasteiger partial charge >= 0.3 is 11.0 Å². The second-order valence-corrected chi connectivity index (χ2v) is 5.45. The Labute approximate surface area is 86.7 Å². The van der Waals surface area contributed by atoms with E-state index in [1.807, 2.05) is 0 Å². The molecule has 74 valence electrons. The molecule has 0 radical (unpaired) electrons. The molecule has 0 saturated heterocycles. The minimum absolute atomic E-state index is 1.74. The van der Waals surface area contributed by atoms with Gasteiger partial charge in [0.05, 0.1) is 6.42 Å². The summed E-state index contributed by atoms with van der Waals surface area (Å²) >= 11 is 8.72. The van der Waals surface area contributed by atoms with Gasteiger partial charge < -0.3 is 0 Å². The fraction of sp³-hybridized carbons (Fsp3) is 1.00. The molecular weight excluding hydrogens is 338 g/mol. The van der Waals surface area contributed by atoms with E-state index in [-0.39, 0.29) is 0 Å². The van der Waals surface area contributed by atoms with Crippen LogP contribution in [0.3, 0.4) is 0 Å². The summed E-state index contributed by atoms with van der Waals surface area (Å²) in [5.41, 5.74) is 0. The Morgan fingerprint density at radius 3 is 1.42 bits per heavy atom. The average Bonchev–Trinajstić information content (AvgIpc) is 1.52. The maximum absolute atomic E-state index is 12.3. The number of halogens is 8. The van der Waals surface area contributed by atoms with Gasteiger partial charge in [-0.25, -0.2) is 0 Å². The van der Waals surface area contributed by atoms with Gasteiger partial charge in [-0.2, -0.15) is 22.0 Å². The van der Waals surface area contributed by atoms with Gasteiger partial charge in [0.1, 0.15) is 0 Å². The third-order valence-corrected chi connectivity index (χ3v) is 3.42. The molecule has 8 heteroatoms. The Morgan fingerprint density at radius 2 is 1.33 bits per heavy atom. The van der Waals surface area contributed by atoms with Crippen molar-refractivity contribution in [2.75, 3.05) is 0 Å². The van der Waals surface area contributed by atoms with Crippen LogP contribution in [0.5, 0.6) is 0 Å². The normalized spacial score (nSPS) is 19.0. The highest BCUT2D eigenvalue weighted by atomic mass is 79.9. The van der Waals surface area contributed by atoms with E-state index in [2.05, 4.69) is 15.9 Å². The molecule has 0 aromatic rings. The first kappa shape index (κ1) is 12.9. The van der Waals surface area contributed by atoms with Crippen LogP contribution < -0.4 is 0 Å². The minimum Gasteiger partial charge on any atom is -0.191 e. The molecule has 0 aliphatic rings. The fourth-order valence-electron chi connectivity index (χ4n) is 0.352. The molecule has 0 rings (SSSR count). The third kappa shape index (κ3) is 4.23. The van der Waals surface area contributed by atoms with Gasteiger partial charge in [-0.1, -0.05) is 27.5 Å². The Morgan fingerprint density at radius 1 is 1.00 bits per heavy atom. The molecule has 0 nitrogen and oxygen atoms in total. The van der Waals surface area contributed by atoms with Crippen molar-refractivity contribution in [3.05, 3.63) is 0 Å². The molecule has 1 atom stereocenters. The lowest BCUT2D eigenvalue weighted by molar-refractivity contribution is -0.143. The summed E-state index contributed by atoms with van der Waals surface area (Å²) in [5.74, 6) is 0. The van der Waals surface area contributed by atoms with E-state index < -0.39 is 21.2 Å². The highest BCUT2D eigenvalue weighted by molar-refractivity contribution is 9.13. The van der Waals surface area contributed by atoms with Crippen LogP contribution in [0, 0.1) is 0 Å². The summed E-state index contributed by atoms with van der Waals surface area (Å²) in [5, 5.41) is 0. The van der Waals surface area contributed by atoms with Crippen molar-refractivity contribution >= 4 is 43.5 Å². The van der Waals surface area contributed by atoms with Crippen molar-refractivity contribution in [1.29, 1.82) is 0 Å². The predicted octanol–water partition coefficient (Wildman–Crippen LogP) is 4.26. The monoisotopic (exact) mass is 338 g/mol. The molecule has 0 aliphatic heterocycles. The zero-order valence-corrected chi connectivity index (χ0v) is 9.16. The van der Waals surface area contributed by atoms with Gasteiger partial charge in [-0.15, -0.1) is 0 Å².